The van der Waals surface area contributed by atoms with Crippen LogP contribution in [0.15, 0.2) is 30.3 Å². The van der Waals surface area contributed by atoms with Crippen molar-refractivity contribution in [1.29, 1.82) is 0 Å². The van der Waals surface area contributed by atoms with Gasteiger partial charge in [-0.1, -0.05) is 44.2 Å². The highest BCUT2D eigenvalue weighted by Crippen LogP contribution is 2.25. The third-order valence-electron chi connectivity index (χ3n) is 4.23. The van der Waals surface area contributed by atoms with E-state index >= 15 is 0 Å². The fourth-order valence-electron chi connectivity index (χ4n) is 3.11. The first-order chi connectivity index (χ1) is 10.1. The van der Waals surface area contributed by atoms with E-state index in [-0.39, 0.29) is 23.9 Å². The van der Waals surface area contributed by atoms with Crippen LogP contribution < -0.4 is 5.32 Å². The molecule has 1 N–H and O–H groups in total. The lowest BCUT2D eigenvalue weighted by Crippen LogP contribution is -2.47. The van der Waals surface area contributed by atoms with Gasteiger partial charge in [0.05, 0.1) is 0 Å². The van der Waals surface area contributed by atoms with Crippen LogP contribution in [0.25, 0.3) is 0 Å². The minimum absolute atomic E-state index is 0.00764. The smallest absolute Gasteiger partial charge is 0.250 e. The van der Waals surface area contributed by atoms with Crippen molar-refractivity contribution >= 4 is 11.8 Å². The average molecular weight is 288 g/mol. The van der Waals surface area contributed by atoms with Crippen molar-refractivity contribution in [1.82, 2.24) is 10.2 Å². The second-order valence-corrected chi connectivity index (χ2v) is 5.68. The van der Waals surface area contributed by atoms with Crippen molar-refractivity contribution in [3.05, 3.63) is 35.9 Å². The topological polar surface area (TPSA) is 49.4 Å². The van der Waals surface area contributed by atoms with Gasteiger partial charge in [-0.05, 0) is 25.3 Å². The Hall–Kier alpha value is -1.84. The van der Waals surface area contributed by atoms with Gasteiger partial charge in [0.1, 0.15) is 6.04 Å². The summed E-state index contributed by atoms with van der Waals surface area (Å²) in [6.07, 6.45) is 2.18. The summed E-state index contributed by atoms with van der Waals surface area (Å²) in [5.74, 6) is -0.0496. The van der Waals surface area contributed by atoms with Crippen LogP contribution >= 0.6 is 0 Å². The Balaban J connectivity index is 2.37. The first kappa shape index (κ1) is 15.5. The number of carbonyl (C=O) groups is 2. The van der Waals surface area contributed by atoms with Crippen LogP contribution in [0.4, 0.5) is 0 Å². The van der Waals surface area contributed by atoms with Crippen molar-refractivity contribution in [2.24, 2.45) is 0 Å². The molecule has 0 bridgehead atoms. The highest BCUT2D eigenvalue weighted by molar-refractivity contribution is 5.91. The van der Waals surface area contributed by atoms with E-state index in [2.05, 4.69) is 19.2 Å². The van der Waals surface area contributed by atoms with Crippen molar-refractivity contribution in [2.75, 3.05) is 0 Å². The number of hydrogen-bond acceptors (Lipinski definition) is 2. The number of carbonyl (C=O) groups excluding carboxylic acids is 2. The van der Waals surface area contributed by atoms with Gasteiger partial charge >= 0.3 is 0 Å². The lowest BCUT2D eigenvalue weighted by atomic mass is 10.0. The molecule has 0 spiro atoms. The molecule has 4 nitrogen and oxygen atoms in total. The van der Waals surface area contributed by atoms with E-state index in [0.29, 0.717) is 6.42 Å². The number of hydrogen-bond donors (Lipinski definition) is 1. The minimum atomic E-state index is -0.566. The van der Waals surface area contributed by atoms with Gasteiger partial charge in [0.25, 0.3) is 0 Å². The molecule has 0 radical (unpaired) electrons. The van der Waals surface area contributed by atoms with Crippen molar-refractivity contribution in [3.8, 4) is 0 Å². The summed E-state index contributed by atoms with van der Waals surface area (Å²) < 4.78 is 0. The zero-order valence-electron chi connectivity index (χ0n) is 13.0. The molecule has 0 aromatic heterocycles. The fourth-order valence-corrected chi connectivity index (χ4v) is 3.11. The molecule has 1 aromatic carbocycles. The summed E-state index contributed by atoms with van der Waals surface area (Å²) in [7, 11) is 0. The van der Waals surface area contributed by atoms with Gasteiger partial charge in [-0.25, -0.2) is 0 Å². The zero-order chi connectivity index (χ0) is 15.4. The summed E-state index contributed by atoms with van der Waals surface area (Å²) in [4.78, 5) is 27.0. The quantitative estimate of drug-likeness (QED) is 0.926. The first-order valence-electron chi connectivity index (χ1n) is 7.74. The monoisotopic (exact) mass is 288 g/mol. The van der Waals surface area contributed by atoms with Gasteiger partial charge < -0.3 is 10.2 Å². The predicted molar refractivity (Wildman–Crippen MR) is 82.6 cm³/mol. The van der Waals surface area contributed by atoms with E-state index in [4.69, 9.17) is 0 Å². The number of amides is 2. The Morgan fingerprint density at radius 1 is 1.19 bits per heavy atom. The Morgan fingerprint density at radius 3 is 2.38 bits per heavy atom. The van der Waals surface area contributed by atoms with E-state index in [0.717, 1.165) is 18.4 Å². The number of nitrogens with one attached hydrogen (secondary N) is 1. The minimum Gasteiger partial charge on any atom is -0.340 e. The van der Waals surface area contributed by atoms with Crippen LogP contribution in [-0.4, -0.2) is 28.8 Å². The van der Waals surface area contributed by atoms with Gasteiger partial charge in [0.15, 0.2) is 0 Å². The number of rotatable bonds is 4. The molecule has 1 aliphatic heterocycles. The predicted octanol–water partition coefficient (Wildman–Crippen LogP) is 2.65. The molecule has 0 saturated carbocycles. The third kappa shape index (κ3) is 3.26. The lowest BCUT2D eigenvalue weighted by Gasteiger charge is -2.35. The standard InChI is InChI=1S/C17H24N2O2/c1-4-14(5-2)19-12(3)11-15(20)18-16(17(19)21)13-9-7-6-8-10-13/h6-10,12,14,16H,4-5,11H2,1-3H3,(H,18,20). The molecule has 2 unspecified atom stereocenters. The van der Waals surface area contributed by atoms with Crippen LogP contribution in [0, 0.1) is 0 Å². The first-order valence-corrected chi connectivity index (χ1v) is 7.74. The molecule has 2 atom stereocenters. The van der Waals surface area contributed by atoms with E-state index in [1.165, 1.54) is 0 Å². The second kappa shape index (κ2) is 6.74. The summed E-state index contributed by atoms with van der Waals surface area (Å²) in [6, 6.07) is 9.04. The molecule has 0 aliphatic carbocycles. The van der Waals surface area contributed by atoms with E-state index in [9.17, 15) is 9.59 Å². The summed E-state index contributed by atoms with van der Waals surface area (Å²) in [5, 5.41) is 2.88. The maximum absolute atomic E-state index is 13.0. The molecule has 2 rings (SSSR count). The Bertz CT molecular complexity index is 497. The molecule has 2 amide bonds. The number of nitrogens with zero attached hydrogens (tertiary/aromatic N) is 1. The molecule has 21 heavy (non-hydrogen) atoms. The fraction of sp³-hybridized carbons (Fsp3) is 0.529. The average Bonchev–Trinajstić information content (AvgIpc) is 2.60. The summed E-state index contributed by atoms with van der Waals surface area (Å²) in [6.45, 7) is 6.14. The van der Waals surface area contributed by atoms with Gasteiger partial charge in [-0.2, -0.15) is 0 Å². The van der Waals surface area contributed by atoms with Gasteiger partial charge in [-0.3, -0.25) is 9.59 Å². The maximum Gasteiger partial charge on any atom is 0.250 e. The van der Waals surface area contributed by atoms with Crippen LogP contribution in [0.5, 0.6) is 0 Å². The molecular formula is C17H24N2O2. The van der Waals surface area contributed by atoms with E-state index in [1.54, 1.807) is 0 Å². The van der Waals surface area contributed by atoms with Crippen molar-refractivity contribution in [2.45, 2.75) is 58.2 Å². The Labute approximate surface area is 126 Å². The van der Waals surface area contributed by atoms with Gasteiger partial charge in [0, 0.05) is 18.5 Å². The molecule has 4 heteroatoms. The largest absolute Gasteiger partial charge is 0.340 e. The van der Waals surface area contributed by atoms with E-state index < -0.39 is 6.04 Å². The SMILES string of the molecule is CCC(CC)N1C(=O)C(c2ccccc2)NC(=O)CC1C. The van der Waals surface area contributed by atoms with Gasteiger partial charge in [-0.15, -0.1) is 0 Å². The highest BCUT2D eigenvalue weighted by atomic mass is 16.2. The Kier molecular flexibility index (Phi) is 4.99. The summed E-state index contributed by atoms with van der Waals surface area (Å²) >= 11 is 0. The molecule has 1 aromatic rings. The highest BCUT2D eigenvalue weighted by Gasteiger charge is 2.37. The Morgan fingerprint density at radius 2 is 1.81 bits per heavy atom. The normalized spacial score (nSPS) is 23.1. The van der Waals surface area contributed by atoms with Crippen LogP contribution in [0.1, 0.15) is 51.6 Å². The van der Waals surface area contributed by atoms with Crippen molar-refractivity contribution < 1.29 is 9.59 Å². The van der Waals surface area contributed by atoms with Crippen LogP contribution in [-0.2, 0) is 9.59 Å². The molecule has 1 heterocycles. The zero-order valence-corrected chi connectivity index (χ0v) is 13.0. The molecule has 1 saturated heterocycles. The van der Waals surface area contributed by atoms with Gasteiger partial charge in [0.2, 0.25) is 11.8 Å². The lowest BCUT2D eigenvalue weighted by molar-refractivity contribution is -0.137. The summed E-state index contributed by atoms with van der Waals surface area (Å²) in [5.41, 5.74) is 0.848. The van der Waals surface area contributed by atoms with Crippen LogP contribution in [0.3, 0.4) is 0 Å². The molecular weight excluding hydrogens is 264 g/mol. The molecule has 1 aliphatic rings. The van der Waals surface area contributed by atoms with Crippen molar-refractivity contribution in [3.63, 3.8) is 0 Å². The van der Waals surface area contributed by atoms with Crippen LogP contribution in [0.2, 0.25) is 0 Å². The maximum atomic E-state index is 13.0. The third-order valence-corrected chi connectivity index (χ3v) is 4.23. The molecule has 1 fully saturated rings. The number of benzene rings is 1. The second-order valence-electron chi connectivity index (χ2n) is 5.68. The van der Waals surface area contributed by atoms with E-state index in [1.807, 2.05) is 42.2 Å². The molecule has 114 valence electrons.